The lowest BCUT2D eigenvalue weighted by molar-refractivity contribution is -0.151. The lowest BCUT2D eigenvalue weighted by atomic mass is 10.1. The van der Waals surface area contributed by atoms with Gasteiger partial charge in [-0.2, -0.15) is 0 Å². The Kier molecular flexibility index (Phi) is 10.2. The molecule has 0 aromatic heterocycles. The molecule has 1 amide bonds. The normalized spacial score (nSPS) is 14.9. The summed E-state index contributed by atoms with van der Waals surface area (Å²) >= 11 is 16.2. The summed E-state index contributed by atoms with van der Waals surface area (Å²) in [6.07, 6.45) is 2.30. The predicted octanol–water partition coefficient (Wildman–Crippen LogP) is 7.72. The standard InChI is InChI=1S/C29H24BrClFNO5S2/c1-3-12-37-28(35)25(18-8-5-4-6-9-18)33-27(34)24(40-29(33)39)15-17-13-20(30)26(23(14-17)36-2)38-16-19-21(31)10-7-11-22(19)32/h4-11,13-15,25H,3,12,16H2,1-2H3/b24-15+. The molecule has 0 spiro atoms. The maximum atomic E-state index is 14.2. The first-order valence-corrected chi connectivity index (χ1v) is 14.6. The number of hydrogen-bond acceptors (Lipinski definition) is 7. The minimum Gasteiger partial charge on any atom is -0.493 e. The highest BCUT2D eigenvalue weighted by Crippen LogP contribution is 2.42. The number of thioether (sulfide) groups is 1. The highest BCUT2D eigenvalue weighted by molar-refractivity contribution is 9.10. The quantitative estimate of drug-likeness (QED) is 0.125. The van der Waals surface area contributed by atoms with Gasteiger partial charge in [0, 0.05) is 5.56 Å². The van der Waals surface area contributed by atoms with Gasteiger partial charge in [0.15, 0.2) is 17.5 Å². The minimum absolute atomic E-state index is 0.118. The number of carbonyl (C=O) groups is 2. The number of benzene rings is 3. The fraction of sp³-hybridized carbons (Fsp3) is 0.207. The van der Waals surface area contributed by atoms with E-state index in [9.17, 15) is 14.0 Å². The van der Waals surface area contributed by atoms with E-state index in [2.05, 4.69) is 15.9 Å². The average molecular weight is 665 g/mol. The molecule has 1 unspecified atom stereocenters. The van der Waals surface area contributed by atoms with Crippen molar-refractivity contribution in [2.45, 2.75) is 26.0 Å². The number of amides is 1. The third-order valence-electron chi connectivity index (χ3n) is 5.84. The second-order valence-electron chi connectivity index (χ2n) is 8.56. The van der Waals surface area contributed by atoms with Crippen LogP contribution in [0.25, 0.3) is 6.08 Å². The third kappa shape index (κ3) is 6.68. The van der Waals surface area contributed by atoms with Crippen LogP contribution in [0.5, 0.6) is 11.5 Å². The van der Waals surface area contributed by atoms with Crippen LogP contribution in [0.2, 0.25) is 5.02 Å². The molecule has 0 bridgehead atoms. The average Bonchev–Trinajstić information content (AvgIpc) is 3.20. The number of carbonyl (C=O) groups excluding carboxylic acids is 2. The summed E-state index contributed by atoms with van der Waals surface area (Å²) in [6.45, 7) is 2.01. The van der Waals surface area contributed by atoms with E-state index >= 15 is 0 Å². The highest BCUT2D eigenvalue weighted by Gasteiger charge is 2.42. The maximum absolute atomic E-state index is 14.2. The van der Waals surface area contributed by atoms with Gasteiger partial charge in [0.1, 0.15) is 16.7 Å². The van der Waals surface area contributed by atoms with Crippen molar-refractivity contribution < 1.29 is 28.2 Å². The van der Waals surface area contributed by atoms with Crippen LogP contribution in [-0.2, 0) is 20.9 Å². The van der Waals surface area contributed by atoms with E-state index in [0.717, 1.165) is 11.8 Å². The number of halogens is 3. The summed E-state index contributed by atoms with van der Waals surface area (Å²) in [7, 11) is 1.47. The maximum Gasteiger partial charge on any atom is 0.333 e. The van der Waals surface area contributed by atoms with Gasteiger partial charge in [-0.05, 0) is 63.8 Å². The monoisotopic (exact) mass is 663 g/mol. The van der Waals surface area contributed by atoms with Crippen molar-refractivity contribution in [2.24, 2.45) is 0 Å². The zero-order valence-corrected chi connectivity index (χ0v) is 25.5. The molecule has 208 valence electrons. The Hall–Kier alpha value is -2.92. The molecule has 3 aromatic carbocycles. The summed E-state index contributed by atoms with van der Waals surface area (Å²) in [4.78, 5) is 28.2. The zero-order valence-electron chi connectivity index (χ0n) is 21.5. The van der Waals surface area contributed by atoms with Crippen molar-refractivity contribution in [3.8, 4) is 11.5 Å². The Morgan fingerprint density at radius 1 is 1.20 bits per heavy atom. The number of methoxy groups -OCH3 is 1. The van der Waals surface area contributed by atoms with E-state index < -0.39 is 23.7 Å². The Morgan fingerprint density at radius 2 is 1.95 bits per heavy atom. The van der Waals surface area contributed by atoms with E-state index in [1.165, 1.54) is 24.1 Å². The van der Waals surface area contributed by atoms with Crippen molar-refractivity contribution >= 4 is 73.8 Å². The van der Waals surface area contributed by atoms with Crippen molar-refractivity contribution in [1.82, 2.24) is 4.90 Å². The molecule has 0 N–H and O–H groups in total. The number of thiocarbonyl (C=S) groups is 1. The minimum atomic E-state index is -1.01. The molecule has 1 fully saturated rings. The summed E-state index contributed by atoms with van der Waals surface area (Å²) in [5, 5.41) is 0.251. The van der Waals surface area contributed by atoms with E-state index in [1.807, 2.05) is 13.0 Å². The number of rotatable bonds is 10. The smallest absolute Gasteiger partial charge is 0.333 e. The number of ether oxygens (including phenoxy) is 3. The first-order valence-electron chi connectivity index (χ1n) is 12.2. The number of esters is 1. The number of hydrogen-bond donors (Lipinski definition) is 0. The molecule has 3 aromatic rings. The summed E-state index contributed by atoms with van der Waals surface area (Å²) in [5.74, 6) is -0.745. The first kappa shape index (κ1) is 30.0. The molecule has 1 atom stereocenters. The van der Waals surface area contributed by atoms with E-state index in [0.29, 0.717) is 38.4 Å². The van der Waals surface area contributed by atoms with Crippen LogP contribution in [0.3, 0.4) is 0 Å². The van der Waals surface area contributed by atoms with Gasteiger partial charge in [0.2, 0.25) is 0 Å². The second-order valence-corrected chi connectivity index (χ2v) is 11.5. The highest BCUT2D eigenvalue weighted by atomic mass is 79.9. The van der Waals surface area contributed by atoms with Crippen molar-refractivity contribution in [2.75, 3.05) is 13.7 Å². The Morgan fingerprint density at radius 3 is 2.62 bits per heavy atom. The molecule has 0 radical (unpaired) electrons. The molecule has 1 heterocycles. The van der Waals surface area contributed by atoms with Crippen LogP contribution in [0, 0.1) is 5.82 Å². The Labute approximate surface area is 254 Å². The van der Waals surface area contributed by atoms with Gasteiger partial charge in [0.25, 0.3) is 5.91 Å². The van der Waals surface area contributed by atoms with Crippen molar-refractivity contribution in [1.29, 1.82) is 0 Å². The molecule has 6 nitrogen and oxygen atoms in total. The van der Waals surface area contributed by atoms with Gasteiger partial charge in [-0.1, -0.05) is 78.9 Å². The summed E-state index contributed by atoms with van der Waals surface area (Å²) < 4.78 is 31.8. The zero-order chi connectivity index (χ0) is 28.8. The van der Waals surface area contributed by atoms with E-state index in [4.69, 9.17) is 38.0 Å². The van der Waals surface area contributed by atoms with Crippen molar-refractivity contribution in [3.63, 3.8) is 0 Å². The van der Waals surface area contributed by atoms with Gasteiger partial charge in [-0.15, -0.1) is 0 Å². The third-order valence-corrected chi connectivity index (χ3v) is 8.11. The number of nitrogens with zero attached hydrogens (tertiary/aromatic N) is 1. The molecule has 0 aliphatic carbocycles. The van der Waals surface area contributed by atoms with Crippen LogP contribution in [0.4, 0.5) is 4.39 Å². The molecular formula is C29H24BrClFNO5S2. The first-order chi connectivity index (χ1) is 19.2. The molecule has 1 saturated heterocycles. The molecule has 0 saturated carbocycles. The lowest BCUT2D eigenvalue weighted by Crippen LogP contribution is -2.38. The second kappa shape index (κ2) is 13.6. The molecular weight excluding hydrogens is 641 g/mol. The topological polar surface area (TPSA) is 65.1 Å². The largest absolute Gasteiger partial charge is 0.493 e. The van der Waals surface area contributed by atoms with Crippen LogP contribution in [-0.4, -0.2) is 34.8 Å². The predicted molar refractivity (Wildman–Crippen MR) is 162 cm³/mol. The van der Waals surface area contributed by atoms with Gasteiger partial charge in [-0.25, -0.2) is 9.18 Å². The summed E-state index contributed by atoms with van der Waals surface area (Å²) in [5.41, 5.74) is 1.43. The van der Waals surface area contributed by atoms with Gasteiger partial charge < -0.3 is 14.2 Å². The van der Waals surface area contributed by atoms with Crippen LogP contribution in [0.1, 0.15) is 36.1 Å². The van der Waals surface area contributed by atoms with Crippen LogP contribution < -0.4 is 9.47 Å². The van der Waals surface area contributed by atoms with Crippen LogP contribution in [0.15, 0.2) is 70.0 Å². The Bertz CT molecular complexity index is 1450. The van der Waals surface area contributed by atoms with Gasteiger partial charge in [0.05, 0.1) is 28.1 Å². The summed E-state index contributed by atoms with van der Waals surface area (Å²) in [6, 6.07) is 15.7. The van der Waals surface area contributed by atoms with Crippen LogP contribution >= 0.6 is 51.5 Å². The molecule has 1 aliphatic heterocycles. The molecule has 11 heteroatoms. The van der Waals surface area contributed by atoms with Gasteiger partial charge >= 0.3 is 5.97 Å². The molecule has 1 aliphatic rings. The van der Waals surface area contributed by atoms with E-state index in [1.54, 1.807) is 48.5 Å². The van der Waals surface area contributed by atoms with Crippen molar-refractivity contribution in [3.05, 3.63) is 97.6 Å². The molecule has 40 heavy (non-hydrogen) atoms. The fourth-order valence-corrected chi connectivity index (χ4v) is 6.04. The SMILES string of the molecule is CCCOC(=O)C(c1ccccc1)N1C(=O)/C(=C\c2cc(Br)c(OCc3c(F)cccc3Cl)c(OC)c2)SC1=S. The van der Waals surface area contributed by atoms with Gasteiger partial charge in [-0.3, -0.25) is 9.69 Å². The molecule has 4 rings (SSSR count). The lowest BCUT2D eigenvalue weighted by Gasteiger charge is -2.25. The Balaban J connectivity index is 1.61. The van der Waals surface area contributed by atoms with E-state index in [-0.39, 0.29) is 28.1 Å². The fourth-order valence-electron chi connectivity index (χ4n) is 3.94.